The zero-order chi connectivity index (χ0) is 36.1. The van der Waals surface area contributed by atoms with Crippen LogP contribution in [0.3, 0.4) is 0 Å². The molecule has 0 aliphatic heterocycles. The molecule has 0 radical (unpaired) electrons. The summed E-state index contributed by atoms with van der Waals surface area (Å²) in [5.41, 5.74) is 25.2. The van der Waals surface area contributed by atoms with E-state index in [1.165, 1.54) is 11.3 Å². The third-order valence-electron chi connectivity index (χ3n) is 10.1. The monoisotopic (exact) mass is 710 g/mol. The van der Waals surface area contributed by atoms with Gasteiger partial charge < -0.3 is 31.7 Å². The molecule has 3 amide bonds. The molecule has 8 rings (SSSR count). The molecule has 2 fully saturated rings. The standard InChI is InChI=1S/C20H23N3O2.C16H19N3O.C4H5ClO/c21-18(24)17-15-8-4-5-9-16(15)23(12-13-6-2-1-3-7-13)19(17)22-20(25)14-10-11-14;17-15-14(16(18)20)12-8-4-5-9-13(12)19(15)10-11-6-2-1-3-7-11;5-4(6)3-1-2-3/h1-3,6-7,14H,4-5,8-12H2,(H2,21,24)(H,22,25);1-3,6-7H,4-5,8-10,17H2,(H2,18,20);3H,1-2H2. The van der Waals surface area contributed by atoms with E-state index in [2.05, 4.69) is 38.7 Å². The van der Waals surface area contributed by atoms with Gasteiger partial charge in [0.1, 0.15) is 11.6 Å². The molecule has 11 heteroatoms. The Balaban J connectivity index is 0.000000154. The third kappa shape index (κ3) is 8.56. The summed E-state index contributed by atoms with van der Waals surface area (Å²) in [6.07, 6.45) is 11.9. The predicted octanol–water partition coefficient (Wildman–Crippen LogP) is 6.12. The lowest BCUT2D eigenvalue weighted by Crippen LogP contribution is -2.21. The predicted molar refractivity (Wildman–Crippen MR) is 200 cm³/mol. The number of hydrogen-bond donors (Lipinski definition) is 4. The second-order valence-corrected chi connectivity index (χ2v) is 14.3. The quantitative estimate of drug-likeness (QED) is 0.153. The van der Waals surface area contributed by atoms with Gasteiger partial charge in [-0.05, 0) is 111 Å². The van der Waals surface area contributed by atoms with Gasteiger partial charge in [0.15, 0.2) is 0 Å². The average Bonchev–Trinajstić information content (AvgIpc) is 4.06. The van der Waals surface area contributed by atoms with Crippen LogP contribution in [-0.4, -0.2) is 32.1 Å². The van der Waals surface area contributed by atoms with Crippen molar-refractivity contribution in [2.24, 2.45) is 23.3 Å². The van der Waals surface area contributed by atoms with Crippen molar-refractivity contribution in [1.29, 1.82) is 0 Å². The highest BCUT2D eigenvalue weighted by Gasteiger charge is 2.34. The molecule has 2 heterocycles. The van der Waals surface area contributed by atoms with Gasteiger partial charge in [0, 0.05) is 36.3 Å². The molecule has 51 heavy (non-hydrogen) atoms. The molecule has 0 bridgehead atoms. The number of nitrogens with two attached hydrogens (primary N) is 3. The Hall–Kier alpha value is -4.83. The summed E-state index contributed by atoms with van der Waals surface area (Å²) in [5.74, 6) is 0.577. The van der Waals surface area contributed by atoms with Gasteiger partial charge in [-0.2, -0.15) is 0 Å². The highest BCUT2D eigenvalue weighted by molar-refractivity contribution is 6.64. The SMILES string of the molecule is NC(=O)c1c2c(n(Cc3ccccc3)c1N)CCCC2.NC(=O)c1c2c(n(Cc3ccccc3)c1NC(=O)C1CC1)CCCC2.O=C(Cl)C1CC1. The number of aromatic nitrogens is 2. The smallest absolute Gasteiger partial charge is 0.252 e. The number of benzene rings is 2. The molecule has 4 aromatic rings. The maximum Gasteiger partial charge on any atom is 0.252 e. The number of carbonyl (C=O) groups is 4. The van der Waals surface area contributed by atoms with Crippen LogP contribution in [-0.2, 0) is 48.4 Å². The first-order chi connectivity index (χ1) is 24.6. The lowest BCUT2D eigenvalue weighted by molar-refractivity contribution is -0.117. The summed E-state index contributed by atoms with van der Waals surface area (Å²) >= 11 is 5.04. The van der Waals surface area contributed by atoms with E-state index >= 15 is 0 Å². The molecule has 0 spiro atoms. The summed E-state index contributed by atoms with van der Waals surface area (Å²) < 4.78 is 4.16. The first-order valence-electron chi connectivity index (χ1n) is 18.1. The summed E-state index contributed by atoms with van der Waals surface area (Å²) in [6.45, 7) is 1.33. The van der Waals surface area contributed by atoms with Crippen LogP contribution in [0.1, 0.15) is 106 Å². The maximum atomic E-state index is 12.4. The molecule has 10 nitrogen and oxygen atoms in total. The van der Waals surface area contributed by atoms with Crippen molar-refractivity contribution in [2.45, 2.75) is 90.1 Å². The zero-order valence-corrected chi connectivity index (χ0v) is 29.7. The number of anilines is 2. The van der Waals surface area contributed by atoms with Crippen molar-refractivity contribution >= 4 is 46.2 Å². The van der Waals surface area contributed by atoms with Crippen LogP contribution in [0.15, 0.2) is 60.7 Å². The second-order valence-electron chi connectivity index (χ2n) is 14.0. The number of nitrogen functional groups attached to an aromatic ring is 1. The van der Waals surface area contributed by atoms with Gasteiger partial charge >= 0.3 is 0 Å². The van der Waals surface area contributed by atoms with E-state index < -0.39 is 11.8 Å². The molecule has 2 aromatic heterocycles. The Morgan fingerprint density at radius 1 is 0.647 bits per heavy atom. The van der Waals surface area contributed by atoms with E-state index in [1.807, 2.05) is 36.4 Å². The lowest BCUT2D eigenvalue weighted by Gasteiger charge is -2.17. The van der Waals surface area contributed by atoms with Crippen molar-refractivity contribution in [3.05, 3.63) is 105 Å². The fraction of sp³-hybridized carbons (Fsp3) is 0.400. The van der Waals surface area contributed by atoms with Crippen LogP contribution < -0.4 is 22.5 Å². The number of fused-ring (bicyclic) bond motifs is 2. The van der Waals surface area contributed by atoms with E-state index in [0.717, 1.165) is 99.4 Å². The first kappa shape index (κ1) is 36.0. The third-order valence-corrected chi connectivity index (χ3v) is 10.4. The Labute approximate surface area is 303 Å². The van der Waals surface area contributed by atoms with E-state index in [9.17, 15) is 19.2 Å². The number of nitrogens with zero attached hydrogens (tertiary/aromatic N) is 2. The molecular formula is C40H47ClN6O4. The van der Waals surface area contributed by atoms with Gasteiger partial charge in [-0.25, -0.2) is 0 Å². The first-order valence-corrected chi connectivity index (χ1v) is 18.4. The molecule has 7 N–H and O–H groups in total. The lowest BCUT2D eigenvalue weighted by atomic mass is 9.94. The van der Waals surface area contributed by atoms with Crippen LogP contribution in [0.4, 0.5) is 11.6 Å². The highest BCUT2D eigenvalue weighted by atomic mass is 35.5. The zero-order valence-electron chi connectivity index (χ0n) is 29.0. The number of halogens is 1. The Morgan fingerprint density at radius 3 is 1.55 bits per heavy atom. The van der Waals surface area contributed by atoms with Gasteiger partial charge in [0.05, 0.1) is 11.1 Å². The minimum atomic E-state index is -0.448. The summed E-state index contributed by atoms with van der Waals surface area (Å²) in [7, 11) is 0. The molecule has 4 aliphatic rings. The molecule has 268 valence electrons. The van der Waals surface area contributed by atoms with Crippen molar-refractivity contribution < 1.29 is 19.2 Å². The van der Waals surface area contributed by atoms with Crippen molar-refractivity contribution in [3.8, 4) is 0 Å². The van der Waals surface area contributed by atoms with Gasteiger partial charge in [-0.1, -0.05) is 60.7 Å². The number of carbonyl (C=O) groups excluding carboxylic acids is 4. The summed E-state index contributed by atoms with van der Waals surface area (Å²) in [6, 6.07) is 20.3. The normalized spacial score (nSPS) is 15.9. The van der Waals surface area contributed by atoms with Gasteiger partial charge in [-0.15, -0.1) is 0 Å². The van der Waals surface area contributed by atoms with Crippen molar-refractivity contribution in [2.75, 3.05) is 11.1 Å². The van der Waals surface area contributed by atoms with E-state index in [1.54, 1.807) is 0 Å². The Morgan fingerprint density at radius 2 is 1.10 bits per heavy atom. The van der Waals surface area contributed by atoms with Crippen LogP contribution >= 0.6 is 11.6 Å². The second kappa shape index (κ2) is 16.0. The van der Waals surface area contributed by atoms with Crippen molar-refractivity contribution in [3.63, 3.8) is 0 Å². The van der Waals surface area contributed by atoms with Crippen LogP contribution in [0.2, 0.25) is 0 Å². The fourth-order valence-electron chi connectivity index (χ4n) is 7.19. The van der Waals surface area contributed by atoms with E-state index in [-0.39, 0.29) is 23.0 Å². The highest BCUT2D eigenvalue weighted by Crippen LogP contribution is 2.37. The maximum absolute atomic E-state index is 12.4. The summed E-state index contributed by atoms with van der Waals surface area (Å²) in [5, 5.41) is 2.87. The molecule has 4 aliphatic carbocycles. The number of rotatable bonds is 9. The van der Waals surface area contributed by atoms with E-state index in [0.29, 0.717) is 35.9 Å². The Kier molecular flexibility index (Phi) is 11.3. The molecular weight excluding hydrogens is 664 g/mol. The molecule has 0 unspecified atom stereocenters. The number of nitrogens with one attached hydrogen (secondary N) is 1. The fourth-order valence-corrected chi connectivity index (χ4v) is 7.41. The molecule has 0 atom stereocenters. The van der Waals surface area contributed by atoms with Gasteiger partial charge in [-0.3, -0.25) is 19.2 Å². The Bertz CT molecular complexity index is 1910. The number of hydrogen-bond acceptors (Lipinski definition) is 5. The molecule has 2 saturated carbocycles. The minimum absolute atomic E-state index is 0.00617. The largest absolute Gasteiger partial charge is 0.384 e. The molecule has 0 saturated heterocycles. The average molecular weight is 711 g/mol. The number of amides is 3. The van der Waals surface area contributed by atoms with Crippen LogP contribution in [0.25, 0.3) is 0 Å². The van der Waals surface area contributed by atoms with Crippen molar-refractivity contribution in [1.82, 2.24) is 9.13 Å². The van der Waals surface area contributed by atoms with Crippen LogP contribution in [0, 0.1) is 11.8 Å². The number of primary amides is 2. The van der Waals surface area contributed by atoms with Gasteiger partial charge in [0.25, 0.3) is 11.8 Å². The molecule has 2 aromatic carbocycles. The minimum Gasteiger partial charge on any atom is -0.384 e. The van der Waals surface area contributed by atoms with Gasteiger partial charge in [0.2, 0.25) is 11.1 Å². The summed E-state index contributed by atoms with van der Waals surface area (Å²) in [4.78, 5) is 46.2. The topological polar surface area (TPSA) is 168 Å². The van der Waals surface area contributed by atoms with E-state index in [4.69, 9.17) is 28.8 Å². The van der Waals surface area contributed by atoms with Crippen LogP contribution in [0.5, 0.6) is 0 Å².